The zero-order valence-electron chi connectivity index (χ0n) is 16.6. The van der Waals surface area contributed by atoms with Crippen molar-refractivity contribution < 1.29 is 26.0 Å². The molecule has 0 saturated carbocycles. The topological polar surface area (TPSA) is 102 Å². The minimum absolute atomic E-state index is 0.0475. The normalized spacial score (nSPS) is 15.7. The molecule has 0 amide bonds. The summed E-state index contributed by atoms with van der Waals surface area (Å²) >= 11 is 2.16. The number of fused-ring (bicyclic) bond motifs is 4. The molecule has 1 aromatic heterocycles. The maximum absolute atomic E-state index is 13.3. The molecule has 10 heteroatoms. The van der Waals surface area contributed by atoms with Crippen LogP contribution in [0.1, 0.15) is 41.1 Å². The van der Waals surface area contributed by atoms with E-state index in [2.05, 4.69) is 22.6 Å². The lowest BCUT2D eigenvalue weighted by molar-refractivity contribution is 0.102. The molecule has 0 fully saturated rings. The molecule has 3 aromatic rings. The van der Waals surface area contributed by atoms with Crippen molar-refractivity contribution in [3.63, 3.8) is 0 Å². The molecule has 7 nitrogen and oxygen atoms in total. The number of carbonyl (C=O) groups excluding carboxylic acids is 1. The Hall–Kier alpha value is -1.92. The Morgan fingerprint density at radius 1 is 0.967 bits per heavy atom. The van der Waals surface area contributed by atoms with Crippen molar-refractivity contribution in [2.45, 2.75) is 19.3 Å². The zero-order chi connectivity index (χ0) is 22.2. The summed E-state index contributed by atoms with van der Waals surface area (Å²) in [5.41, 5.74) is 1.13. The fourth-order valence-corrected chi connectivity index (χ4v) is 7.41. The molecule has 4 rings (SSSR count). The lowest BCUT2D eigenvalue weighted by Gasteiger charge is -2.32. The van der Waals surface area contributed by atoms with Gasteiger partial charge in [-0.1, -0.05) is 0 Å². The third kappa shape index (κ3) is 3.16. The van der Waals surface area contributed by atoms with E-state index in [0.29, 0.717) is 37.1 Å². The molecule has 0 unspecified atom stereocenters. The van der Waals surface area contributed by atoms with Gasteiger partial charge >= 0.3 is 0 Å². The summed E-state index contributed by atoms with van der Waals surface area (Å²) in [5, 5.41) is 0.715. The lowest BCUT2D eigenvalue weighted by atomic mass is 9.71. The predicted molar refractivity (Wildman–Crippen MR) is 123 cm³/mol. The van der Waals surface area contributed by atoms with Crippen LogP contribution in [0.4, 0.5) is 5.69 Å². The number of benzene rings is 2. The molecule has 158 valence electrons. The van der Waals surface area contributed by atoms with E-state index in [0.717, 1.165) is 16.1 Å². The SMILES string of the molecule is CC1(C)c2cc(N(S(C)(=O)=O)S(C)(=O)=O)ccc2C(=O)c2c1oc1cc(I)ccc21. The zero-order valence-corrected chi connectivity index (χ0v) is 20.3. The highest BCUT2D eigenvalue weighted by molar-refractivity contribution is 14.1. The van der Waals surface area contributed by atoms with Gasteiger partial charge in [0.15, 0.2) is 5.78 Å². The number of hydrogen-bond donors (Lipinski definition) is 0. The van der Waals surface area contributed by atoms with Crippen LogP contribution in [0, 0.1) is 3.57 Å². The van der Waals surface area contributed by atoms with E-state index in [4.69, 9.17) is 4.42 Å². The largest absolute Gasteiger partial charge is 0.459 e. The Morgan fingerprint density at radius 3 is 2.20 bits per heavy atom. The third-order valence-electron chi connectivity index (χ3n) is 5.18. The van der Waals surface area contributed by atoms with Gasteiger partial charge in [0.1, 0.15) is 11.3 Å². The minimum Gasteiger partial charge on any atom is -0.459 e. The fraction of sp³-hybridized carbons (Fsp3) is 0.250. The van der Waals surface area contributed by atoms with Crippen LogP contribution in [0.25, 0.3) is 11.0 Å². The van der Waals surface area contributed by atoms with E-state index >= 15 is 0 Å². The van der Waals surface area contributed by atoms with E-state index in [1.165, 1.54) is 18.2 Å². The van der Waals surface area contributed by atoms with Crippen LogP contribution in [0.3, 0.4) is 0 Å². The molecule has 0 bridgehead atoms. The highest BCUT2D eigenvalue weighted by atomic mass is 127. The molecule has 0 spiro atoms. The van der Waals surface area contributed by atoms with Crippen molar-refractivity contribution in [3.8, 4) is 0 Å². The minimum atomic E-state index is -4.10. The van der Waals surface area contributed by atoms with Gasteiger partial charge in [0.2, 0.25) is 20.0 Å². The molecule has 1 heterocycles. The van der Waals surface area contributed by atoms with Gasteiger partial charge in [-0.15, -0.1) is 0 Å². The number of anilines is 1. The van der Waals surface area contributed by atoms with Crippen LogP contribution in [-0.4, -0.2) is 35.1 Å². The average molecular weight is 559 g/mol. The molecule has 0 saturated heterocycles. The first-order valence-corrected chi connectivity index (χ1v) is 13.6. The van der Waals surface area contributed by atoms with E-state index in [1.54, 1.807) is 0 Å². The van der Waals surface area contributed by atoms with Gasteiger partial charge in [-0.3, -0.25) is 4.79 Å². The van der Waals surface area contributed by atoms with Crippen LogP contribution >= 0.6 is 22.6 Å². The van der Waals surface area contributed by atoms with Crippen molar-refractivity contribution in [1.82, 2.24) is 0 Å². The second-order valence-electron chi connectivity index (χ2n) is 7.85. The summed E-state index contributed by atoms with van der Waals surface area (Å²) in [4.78, 5) is 13.3. The number of ketones is 1. The van der Waals surface area contributed by atoms with Crippen LogP contribution in [0.2, 0.25) is 0 Å². The first kappa shape index (κ1) is 21.3. The van der Waals surface area contributed by atoms with Gasteiger partial charge in [0.05, 0.1) is 23.8 Å². The summed E-state index contributed by atoms with van der Waals surface area (Å²) in [6.07, 6.45) is 1.64. The van der Waals surface area contributed by atoms with Crippen molar-refractivity contribution in [3.05, 3.63) is 62.4 Å². The Labute approximate surface area is 188 Å². The quantitative estimate of drug-likeness (QED) is 0.455. The van der Waals surface area contributed by atoms with Gasteiger partial charge in [0.25, 0.3) is 0 Å². The molecule has 2 aromatic carbocycles. The summed E-state index contributed by atoms with van der Waals surface area (Å²) in [6.45, 7) is 3.72. The second kappa shape index (κ2) is 6.54. The fourth-order valence-electron chi connectivity index (χ4n) is 3.98. The number of rotatable bonds is 3. The number of hydrogen-bond acceptors (Lipinski definition) is 6. The predicted octanol–water partition coefficient (Wildman–Crippen LogP) is 3.63. The summed E-state index contributed by atoms with van der Waals surface area (Å²) in [5.74, 6) is 0.232. The molecule has 0 atom stereocenters. The smallest absolute Gasteiger partial charge is 0.245 e. The van der Waals surface area contributed by atoms with Crippen molar-refractivity contribution in [2.24, 2.45) is 0 Å². The number of sulfonamides is 2. The van der Waals surface area contributed by atoms with E-state index < -0.39 is 25.5 Å². The molecule has 1 aliphatic rings. The van der Waals surface area contributed by atoms with Crippen molar-refractivity contribution in [1.29, 1.82) is 0 Å². The standard InChI is InChI=1S/C20H18INO6S2/c1-20(2)15-10-12(22(29(3,24)25)30(4,26)27)6-8-13(15)18(23)17-14-7-5-11(21)9-16(14)28-19(17)20/h5-10H,1-4H3. The Kier molecular flexibility index (Phi) is 4.65. The molecular weight excluding hydrogens is 541 g/mol. The average Bonchev–Trinajstić information content (AvgIpc) is 2.97. The van der Waals surface area contributed by atoms with Crippen LogP contribution in [-0.2, 0) is 25.5 Å². The van der Waals surface area contributed by atoms with Gasteiger partial charge < -0.3 is 4.42 Å². The van der Waals surface area contributed by atoms with Crippen molar-refractivity contribution in [2.75, 3.05) is 16.2 Å². The first-order valence-electron chi connectivity index (χ1n) is 8.85. The molecule has 0 aliphatic heterocycles. The third-order valence-corrected chi connectivity index (χ3v) is 9.10. The molecular formula is C20H18INO6S2. The molecule has 0 radical (unpaired) electrons. The summed E-state index contributed by atoms with van der Waals surface area (Å²) < 4.78 is 56.1. The van der Waals surface area contributed by atoms with E-state index in [-0.39, 0.29) is 11.5 Å². The Balaban J connectivity index is 2.00. The van der Waals surface area contributed by atoms with Crippen LogP contribution in [0.5, 0.6) is 0 Å². The molecule has 1 aliphatic carbocycles. The molecule has 30 heavy (non-hydrogen) atoms. The van der Waals surface area contributed by atoms with Crippen molar-refractivity contribution >= 4 is 65.1 Å². The highest BCUT2D eigenvalue weighted by Crippen LogP contribution is 2.46. The Morgan fingerprint density at radius 2 is 1.60 bits per heavy atom. The Bertz CT molecular complexity index is 1420. The van der Waals surface area contributed by atoms with Crippen LogP contribution < -0.4 is 3.71 Å². The van der Waals surface area contributed by atoms with Gasteiger partial charge in [0, 0.05) is 19.9 Å². The van der Waals surface area contributed by atoms with Gasteiger partial charge in [-0.25, -0.2) is 16.8 Å². The lowest BCUT2D eigenvalue weighted by Crippen LogP contribution is -2.36. The number of halogens is 1. The van der Waals surface area contributed by atoms with Gasteiger partial charge in [-0.05, 0) is 78.4 Å². The van der Waals surface area contributed by atoms with Gasteiger partial charge in [-0.2, -0.15) is 3.71 Å². The highest BCUT2D eigenvalue weighted by Gasteiger charge is 2.42. The van der Waals surface area contributed by atoms with E-state index in [1.807, 2.05) is 32.0 Å². The number of furan rings is 1. The second-order valence-corrected chi connectivity index (χ2v) is 13.0. The van der Waals surface area contributed by atoms with E-state index in [9.17, 15) is 21.6 Å². The monoisotopic (exact) mass is 559 g/mol. The number of carbonyl (C=O) groups is 1. The first-order chi connectivity index (χ1) is 13.7. The molecule has 0 N–H and O–H groups in total. The maximum Gasteiger partial charge on any atom is 0.245 e. The summed E-state index contributed by atoms with van der Waals surface area (Å²) in [6, 6.07) is 9.85. The maximum atomic E-state index is 13.3. The van der Waals surface area contributed by atoms with Crippen LogP contribution in [0.15, 0.2) is 40.8 Å². The summed E-state index contributed by atoms with van der Waals surface area (Å²) in [7, 11) is -8.21. The number of nitrogens with zero attached hydrogens (tertiary/aromatic N) is 1.